The maximum Gasteiger partial charge on any atom is 0.262 e. The molecule has 0 spiro atoms. The predicted octanol–water partition coefficient (Wildman–Crippen LogP) is 3.30. The molecule has 0 atom stereocenters. The first-order chi connectivity index (χ1) is 9.29. The second kappa shape index (κ2) is 5.71. The van der Waals surface area contributed by atoms with Gasteiger partial charge in [-0.1, -0.05) is 0 Å². The lowest BCUT2D eigenvalue weighted by Gasteiger charge is -2.10. The predicted molar refractivity (Wildman–Crippen MR) is 86.0 cm³/mol. The van der Waals surface area contributed by atoms with Gasteiger partial charge < -0.3 is 5.73 Å². The lowest BCUT2D eigenvalue weighted by Crippen LogP contribution is -2.13. The van der Waals surface area contributed by atoms with Gasteiger partial charge in [-0.2, -0.15) is 0 Å². The number of halogens is 2. The van der Waals surface area contributed by atoms with Crippen molar-refractivity contribution in [2.45, 2.75) is 11.8 Å². The third-order valence-electron chi connectivity index (χ3n) is 2.54. The third-order valence-corrected chi connectivity index (χ3v) is 5.48. The van der Waals surface area contributed by atoms with Crippen LogP contribution in [0.25, 0.3) is 0 Å². The Morgan fingerprint density at radius 2 is 1.95 bits per heavy atom. The zero-order valence-corrected chi connectivity index (χ0v) is 14.4. The van der Waals surface area contributed by atoms with Crippen LogP contribution >= 0.6 is 31.9 Å². The molecule has 0 unspecified atom stereocenters. The number of aryl methyl sites for hydroxylation is 1. The fourth-order valence-corrected chi connectivity index (χ4v) is 3.05. The van der Waals surface area contributed by atoms with E-state index in [2.05, 4.69) is 41.6 Å². The Hall–Kier alpha value is -1.12. The third kappa shape index (κ3) is 3.31. The highest BCUT2D eigenvalue weighted by molar-refractivity contribution is 9.10. The van der Waals surface area contributed by atoms with E-state index in [-0.39, 0.29) is 4.90 Å². The normalized spacial score (nSPS) is 11.3. The van der Waals surface area contributed by atoms with Gasteiger partial charge in [0, 0.05) is 10.2 Å². The van der Waals surface area contributed by atoms with E-state index in [0.29, 0.717) is 20.5 Å². The van der Waals surface area contributed by atoms with Crippen LogP contribution in [-0.4, -0.2) is 13.4 Å². The van der Waals surface area contributed by atoms with Crippen molar-refractivity contribution in [1.82, 2.24) is 4.98 Å². The minimum Gasteiger partial charge on any atom is -0.398 e. The summed E-state index contributed by atoms with van der Waals surface area (Å²) in [5, 5.41) is 0. The molecule has 106 valence electrons. The number of nitrogen functional groups attached to an aromatic ring is 1. The van der Waals surface area contributed by atoms with Gasteiger partial charge in [-0.25, -0.2) is 13.4 Å². The lowest BCUT2D eigenvalue weighted by atomic mass is 10.3. The molecule has 0 amide bonds. The van der Waals surface area contributed by atoms with Crippen molar-refractivity contribution in [1.29, 1.82) is 0 Å². The molecule has 0 saturated heterocycles. The van der Waals surface area contributed by atoms with Crippen LogP contribution in [0.5, 0.6) is 0 Å². The van der Waals surface area contributed by atoms with Crippen molar-refractivity contribution in [2.75, 3.05) is 10.5 Å². The quantitative estimate of drug-likeness (QED) is 0.589. The van der Waals surface area contributed by atoms with Crippen LogP contribution in [0, 0.1) is 6.92 Å². The molecule has 2 rings (SSSR count). The molecular weight excluding hydrogens is 410 g/mol. The number of benzene rings is 1. The molecular formula is C12H11Br2N3O2S. The van der Waals surface area contributed by atoms with Crippen molar-refractivity contribution in [2.24, 2.45) is 0 Å². The van der Waals surface area contributed by atoms with Gasteiger partial charge in [-0.05, 0) is 68.6 Å². The number of nitrogens with zero attached hydrogens (tertiary/aromatic N) is 1. The van der Waals surface area contributed by atoms with Gasteiger partial charge in [-0.15, -0.1) is 0 Å². The topological polar surface area (TPSA) is 85.1 Å². The van der Waals surface area contributed by atoms with Crippen LogP contribution in [0.3, 0.4) is 0 Å². The first-order valence-corrected chi connectivity index (χ1v) is 8.56. The number of pyridine rings is 1. The fraction of sp³-hybridized carbons (Fsp3) is 0.0833. The summed E-state index contributed by atoms with van der Waals surface area (Å²) in [5.41, 5.74) is 7.29. The highest BCUT2D eigenvalue weighted by Crippen LogP contribution is 2.25. The van der Waals surface area contributed by atoms with E-state index >= 15 is 0 Å². The summed E-state index contributed by atoms with van der Waals surface area (Å²) in [5.74, 6) is 0. The molecule has 8 heteroatoms. The summed E-state index contributed by atoms with van der Waals surface area (Å²) in [6.45, 7) is 1.83. The van der Waals surface area contributed by atoms with E-state index in [1.54, 1.807) is 12.1 Å². The number of rotatable bonds is 3. The van der Waals surface area contributed by atoms with Crippen molar-refractivity contribution in [3.63, 3.8) is 0 Å². The van der Waals surface area contributed by atoms with Gasteiger partial charge in [0.15, 0.2) is 0 Å². The summed E-state index contributed by atoms with van der Waals surface area (Å²) in [7, 11) is -3.69. The molecule has 1 heterocycles. The van der Waals surface area contributed by atoms with Crippen LogP contribution < -0.4 is 10.5 Å². The average molecular weight is 421 g/mol. The van der Waals surface area contributed by atoms with Crippen molar-refractivity contribution >= 4 is 53.3 Å². The zero-order chi connectivity index (χ0) is 14.9. The number of hydrogen-bond donors (Lipinski definition) is 2. The SMILES string of the molecule is Cc1cc(NS(=O)(=O)c2ccc(Br)c(N)c2)cnc1Br. The Morgan fingerprint density at radius 1 is 1.25 bits per heavy atom. The lowest BCUT2D eigenvalue weighted by molar-refractivity contribution is 0.601. The summed E-state index contributed by atoms with van der Waals surface area (Å²) in [4.78, 5) is 4.14. The van der Waals surface area contributed by atoms with Gasteiger partial charge in [0.25, 0.3) is 10.0 Å². The van der Waals surface area contributed by atoms with E-state index in [1.807, 2.05) is 6.92 Å². The van der Waals surface area contributed by atoms with Gasteiger partial charge >= 0.3 is 0 Å². The number of aromatic nitrogens is 1. The smallest absolute Gasteiger partial charge is 0.262 e. The Kier molecular flexibility index (Phi) is 4.36. The molecule has 0 aliphatic heterocycles. The Morgan fingerprint density at radius 3 is 2.55 bits per heavy atom. The monoisotopic (exact) mass is 419 g/mol. The van der Waals surface area contributed by atoms with Crippen LogP contribution in [-0.2, 0) is 10.0 Å². The van der Waals surface area contributed by atoms with Gasteiger partial charge in [0.1, 0.15) is 4.60 Å². The van der Waals surface area contributed by atoms with Gasteiger partial charge in [-0.3, -0.25) is 4.72 Å². The Bertz CT molecular complexity index is 763. The molecule has 1 aromatic carbocycles. The number of anilines is 2. The highest BCUT2D eigenvalue weighted by atomic mass is 79.9. The summed E-state index contributed by atoms with van der Waals surface area (Å²) < 4.78 is 28.3. The molecule has 0 radical (unpaired) electrons. The molecule has 0 aliphatic rings. The summed E-state index contributed by atoms with van der Waals surface area (Å²) >= 11 is 6.49. The number of hydrogen-bond acceptors (Lipinski definition) is 4. The summed E-state index contributed by atoms with van der Waals surface area (Å²) in [6, 6.07) is 6.15. The van der Waals surface area contributed by atoms with E-state index in [1.165, 1.54) is 18.3 Å². The maximum absolute atomic E-state index is 12.2. The standard InChI is InChI=1S/C12H11Br2N3O2S/c1-7-4-8(6-16-12(7)14)17-20(18,19)9-2-3-10(13)11(15)5-9/h2-6,17H,15H2,1H3. The van der Waals surface area contributed by atoms with Crippen LogP contribution in [0.4, 0.5) is 11.4 Å². The minimum absolute atomic E-state index is 0.0961. The first kappa shape index (κ1) is 15.3. The molecule has 0 aliphatic carbocycles. The van der Waals surface area contributed by atoms with Crippen molar-refractivity contribution < 1.29 is 8.42 Å². The number of sulfonamides is 1. The summed E-state index contributed by atoms with van der Waals surface area (Å²) in [6.07, 6.45) is 1.44. The average Bonchev–Trinajstić information content (AvgIpc) is 2.37. The second-order valence-corrected chi connectivity index (χ2v) is 7.41. The van der Waals surface area contributed by atoms with Gasteiger partial charge in [0.05, 0.1) is 16.8 Å². The van der Waals surface area contributed by atoms with E-state index in [0.717, 1.165) is 5.56 Å². The van der Waals surface area contributed by atoms with E-state index in [9.17, 15) is 8.42 Å². The molecule has 0 fully saturated rings. The van der Waals surface area contributed by atoms with E-state index in [4.69, 9.17) is 5.73 Å². The first-order valence-electron chi connectivity index (χ1n) is 5.49. The van der Waals surface area contributed by atoms with Crippen LogP contribution in [0.2, 0.25) is 0 Å². The van der Waals surface area contributed by atoms with Crippen molar-refractivity contribution in [3.05, 3.63) is 45.1 Å². The largest absolute Gasteiger partial charge is 0.398 e. The highest BCUT2D eigenvalue weighted by Gasteiger charge is 2.15. The zero-order valence-electron chi connectivity index (χ0n) is 10.4. The number of nitrogens with two attached hydrogens (primary N) is 1. The number of nitrogens with one attached hydrogen (secondary N) is 1. The van der Waals surface area contributed by atoms with Crippen LogP contribution in [0.15, 0.2) is 44.4 Å². The molecule has 2 aromatic rings. The molecule has 3 N–H and O–H groups in total. The molecule has 1 aromatic heterocycles. The van der Waals surface area contributed by atoms with Gasteiger partial charge in [0.2, 0.25) is 0 Å². The molecule has 0 bridgehead atoms. The maximum atomic E-state index is 12.2. The minimum atomic E-state index is -3.69. The fourth-order valence-electron chi connectivity index (χ4n) is 1.52. The molecule has 5 nitrogen and oxygen atoms in total. The molecule has 0 saturated carbocycles. The van der Waals surface area contributed by atoms with Crippen molar-refractivity contribution in [3.8, 4) is 0 Å². The van der Waals surface area contributed by atoms with Crippen LogP contribution in [0.1, 0.15) is 5.56 Å². The molecule has 20 heavy (non-hydrogen) atoms. The van der Waals surface area contributed by atoms with E-state index < -0.39 is 10.0 Å². The Labute approximate surface area is 133 Å². The second-order valence-electron chi connectivity index (χ2n) is 4.12. The Balaban J connectivity index is 2.35.